The lowest BCUT2D eigenvalue weighted by Crippen LogP contribution is -2.22. The van der Waals surface area contributed by atoms with Crippen molar-refractivity contribution in [3.05, 3.63) is 35.6 Å². The van der Waals surface area contributed by atoms with Gasteiger partial charge in [0.25, 0.3) is 0 Å². The number of hydrogen-bond donors (Lipinski definition) is 1. The highest BCUT2D eigenvalue weighted by Gasteiger charge is 2.13. The van der Waals surface area contributed by atoms with Crippen molar-refractivity contribution in [1.82, 2.24) is 5.32 Å². The van der Waals surface area contributed by atoms with Gasteiger partial charge in [-0.1, -0.05) is 39.3 Å². The summed E-state index contributed by atoms with van der Waals surface area (Å²) < 4.78 is 13.2. The molecule has 0 saturated heterocycles. The molecule has 1 nitrogen and oxygen atoms in total. The number of hydrogen-bond acceptors (Lipinski definition) is 1. The largest absolute Gasteiger partial charge is 0.310 e. The van der Waals surface area contributed by atoms with Crippen LogP contribution < -0.4 is 5.32 Å². The van der Waals surface area contributed by atoms with Crippen molar-refractivity contribution in [3.63, 3.8) is 0 Å². The van der Waals surface area contributed by atoms with Gasteiger partial charge in [-0.15, -0.1) is 0 Å². The van der Waals surface area contributed by atoms with Gasteiger partial charge < -0.3 is 5.32 Å². The summed E-state index contributed by atoms with van der Waals surface area (Å²) in [5.41, 5.74) is 1.06. The fourth-order valence-electron chi connectivity index (χ4n) is 1.88. The van der Waals surface area contributed by atoms with E-state index in [0.717, 1.165) is 24.9 Å². The number of nitrogens with one attached hydrogen (secondary N) is 1. The Kier molecular flexibility index (Phi) is 5.47. The van der Waals surface area contributed by atoms with Crippen molar-refractivity contribution < 1.29 is 4.39 Å². The summed E-state index contributed by atoms with van der Waals surface area (Å²) in [5, 5.41) is 3.42. The molecule has 1 aromatic rings. The molecule has 0 aromatic heterocycles. The molecule has 0 aliphatic heterocycles. The predicted molar refractivity (Wildman–Crippen MR) is 66.9 cm³/mol. The Bertz CT molecular complexity index is 311. The number of benzene rings is 1. The van der Waals surface area contributed by atoms with Crippen molar-refractivity contribution in [2.75, 3.05) is 6.54 Å². The van der Waals surface area contributed by atoms with Crippen LogP contribution in [0.3, 0.4) is 0 Å². The molecule has 0 fully saturated rings. The quantitative estimate of drug-likeness (QED) is 0.771. The standard InChI is InChI=1S/C14H22FN/c1-4-11(3)9-14(16-5-2)12-7-6-8-13(15)10-12/h6-8,10-11,14,16H,4-5,9H2,1-3H3. The lowest BCUT2D eigenvalue weighted by Gasteiger charge is -2.21. The second kappa shape index (κ2) is 6.64. The Hall–Kier alpha value is -0.890. The van der Waals surface area contributed by atoms with Crippen LogP contribution in [-0.4, -0.2) is 6.54 Å². The van der Waals surface area contributed by atoms with Gasteiger partial charge in [0.1, 0.15) is 5.82 Å². The third-order valence-corrected chi connectivity index (χ3v) is 3.04. The SMILES string of the molecule is CCNC(CC(C)CC)c1cccc(F)c1. The molecule has 2 unspecified atom stereocenters. The van der Waals surface area contributed by atoms with E-state index in [4.69, 9.17) is 0 Å². The average molecular weight is 223 g/mol. The lowest BCUT2D eigenvalue weighted by atomic mass is 9.94. The van der Waals surface area contributed by atoms with Gasteiger partial charge in [0, 0.05) is 6.04 Å². The van der Waals surface area contributed by atoms with Crippen LogP contribution in [0, 0.1) is 11.7 Å². The average Bonchev–Trinajstić information content (AvgIpc) is 2.28. The minimum Gasteiger partial charge on any atom is -0.310 e. The van der Waals surface area contributed by atoms with Gasteiger partial charge in [-0.3, -0.25) is 0 Å². The zero-order chi connectivity index (χ0) is 12.0. The van der Waals surface area contributed by atoms with E-state index < -0.39 is 0 Å². The summed E-state index contributed by atoms with van der Waals surface area (Å²) in [6, 6.07) is 7.19. The smallest absolute Gasteiger partial charge is 0.123 e. The lowest BCUT2D eigenvalue weighted by molar-refractivity contribution is 0.407. The van der Waals surface area contributed by atoms with E-state index in [1.807, 2.05) is 6.07 Å². The zero-order valence-corrected chi connectivity index (χ0v) is 10.5. The molecule has 0 amide bonds. The van der Waals surface area contributed by atoms with Crippen molar-refractivity contribution in [2.24, 2.45) is 5.92 Å². The van der Waals surface area contributed by atoms with Gasteiger partial charge in [-0.2, -0.15) is 0 Å². The third-order valence-electron chi connectivity index (χ3n) is 3.04. The fourth-order valence-corrected chi connectivity index (χ4v) is 1.88. The summed E-state index contributed by atoms with van der Waals surface area (Å²) in [7, 11) is 0. The summed E-state index contributed by atoms with van der Waals surface area (Å²) in [6.45, 7) is 7.43. The molecule has 0 aliphatic rings. The molecule has 1 N–H and O–H groups in total. The summed E-state index contributed by atoms with van der Waals surface area (Å²) in [5.74, 6) is 0.511. The predicted octanol–water partition coefficient (Wildman–Crippen LogP) is 3.91. The molecular formula is C14H22FN. The molecule has 1 rings (SSSR count). The van der Waals surface area contributed by atoms with Crippen LogP contribution in [0.4, 0.5) is 4.39 Å². The highest BCUT2D eigenvalue weighted by molar-refractivity contribution is 5.20. The van der Waals surface area contributed by atoms with Gasteiger partial charge in [0.2, 0.25) is 0 Å². The normalized spacial score (nSPS) is 14.8. The van der Waals surface area contributed by atoms with Crippen molar-refractivity contribution in [1.29, 1.82) is 0 Å². The van der Waals surface area contributed by atoms with Crippen LogP contribution in [-0.2, 0) is 0 Å². The summed E-state index contributed by atoms with van der Waals surface area (Å²) in [6.07, 6.45) is 2.23. The van der Waals surface area contributed by atoms with Crippen LogP contribution in [0.25, 0.3) is 0 Å². The maximum Gasteiger partial charge on any atom is 0.123 e. The number of halogens is 1. The van der Waals surface area contributed by atoms with E-state index in [-0.39, 0.29) is 11.9 Å². The summed E-state index contributed by atoms with van der Waals surface area (Å²) >= 11 is 0. The first kappa shape index (κ1) is 13.2. The Labute approximate surface area is 98.1 Å². The Morgan fingerprint density at radius 3 is 2.62 bits per heavy atom. The summed E-state index contributed by atoms with van der Waals surface area (Å²) in [4.78, 5) is 0. The van der Waals surface area contributed by atoms with Crippen molar-refractivity contribution in [3.8, 4) is 0 Å². The van der Waals surface area contributed by atoms with Crippen LogP contribution in [0.1, 0.15) is 45.2 Å². The molecule has 0 aliphatic carbocycles. The molecule has 0 heterocycles. The van der Waals surface area contributed by atoms with Crippen LogP contribution in [0.15, 0.2) is 24.3 Å². The van der Waals surface area contributed by atoms with Gasteiger partial charge in [-0.25, -0.2) is 4.39 Å². The van der Waals surface area contributed by atoms with E-state index in [2.05, 4.69) is 26.1 Å². The van der Waals surface area contributed by atoms with E-state index in [1.54, 1.807) is 12.1 Å². The molecule has 1 aromatic carbocycles. The molecule has 0 bridgehead atoms. The molecule has 16 heavy (non-hydrogen) atoms. The molecular weight excluding hydrogens is 201 g/mol. The van der Waals surface area contributed by atoms with Crippen molar-refractivity contribution in [2.45, 2.75) is 39.7 Å². The van der Waals surface area contributed by atoms with Gasteiger partial charge >= 0.3 is 0 Å². The monoisotopic (exact) mass is 223 g/mol. The maximum atomic E-state index is 13.2. The topological polar surface area (TPSA) is 12.0 Å². The van der Waals surface area contributed by atoms with E-state index in [9.17, 15) is 4.39 Å². The van der Waals surface area contributed by atoms with E-state index in [0.29, 0.717) is 5.92 Å². The van der Waals surface area contributed by atoms with Gasteiger partial charge in [0.15, 0.2) is 0 Å². The van der Waals surface area contributed by atoms with E-state index >= 15 is 0 Å². The minimum atomic E-state index is -0.149. The fraction of sp³-hybridized carbons (Fsp3) is 0.571. The minimum absolute atomic E-state index is 0.149. The Balaban J connectivity index is 2.76. The number of rotatable bonds is 6. The van der Waals surface area contributed by atoms with Gasteiger partial charge in [-0.05, 0) is 36.6 Å². The molecule has 2 heteroatoms. The molecule has 0 spiro atoms. The van der Waals surface area contributed by atoms with Crippen LogP contribution in [0.5, 0.6) is 0 Å². The van der Waals surface area contributed by atoms with E-state index in [1.165, 1.54) is 6.07 Å². The first-order valence-corrected chi connectivity index (χ1v) is 6.16. The highest BCUT2D eigenvalue weighted by Crippen LogP contribution is 2.23. The van der Waals surface area contributed by atoms with Gasteiger partial charge in [0.05, 0.1) is 0 Å². The zero-order valence-electron chi connectivity index (χ0n) is 10.5. The maximum absolute atomic E-state index is 13.2. The Morgan fingerprint density at radius 2 is 2.06 bits per heavy atom. The third kappa shape index (κ3) is 3.93. The molecule has 90 valence electrons. The first-order chi connectivity index (χ1) is 7.67. The highest BCUT2D eigenvalue weighted by atomic mass is 19.1. The van der Waals surface area contributed by atoms with Crippen LogP contribution >= 0.6 is 0 Å². The molecule has 0 saturated carbocycles. The Morgan fingerprint density at radius 1 is 1.31 bits per heavy atom. The second-order valence-electron chi connectivity index (χ2n) is 4.41. The second-order valence-corrected chi connectivity index (χ2v) is 4.41. The van der Waals surface area contributed by atoms with Crippen LogP contribution in [0.2, 0.25) is 0 Å². The molecule has 2 atom stereocenters. The van der Waals surface area contributed by atoms with Crippen molar-refractivity contribution >= 4 is 0 Å². The molecule has 0 radical (unpaired) electrons. The first-order valence-electron chi connectivity index (χ1n) is 6.16.